The topological polar surface area (TPSA) is 50.7 Å². The van der Waals surface area contributed by atoms with Gasteiger partial charge in [-0.15, -0.1) is 0 Å². The third-order valence-corrected chi connectivity index (χ3v) is 1.47. The lowest BCUT2D eigenvalue weighted by molar-refractivity contribution is 0.0547. The normalized spacial score (nSPS) is 12.5. The van der Waals surface area contributed by atoms with Crippen LogP contribution in [0, 0.1) is 0 Å². The van der Waals surface area contributed by atoms with E-state index in [0.717, 1.165) is 0 Å². The third-order valence-electron chi connectivity index (χ3n) is 1.47. The highest BCUT2D eigenvalue weighted by atomic mass is 16.6. The van der Waals surface area contributed by atoms with Gasteiger partial charge in [-0.3, -0.25) is 10.3 Å². The molecule has 15 heavy (non-hydrogen) atoms. The van der Waals surface area contributed by atoms with Crippen LogP contribution in [-0.4, -0.2) is 18.4 Å². The van der Waals surface area contributed by atoms with Gasteiger partial charge in [0.2, 0.25) is 0 Å². The van der Waals surface area contributed by atoms with Crippen molar-refractivity contribution in [1.29, 1.82) is 0 Å². The Kier molecular flexibility index (Phi) is 4.78. The van der Waals surface area contributed by atoms with E-state index in [1.54, 1.807) is 27.7 Å². The minimum absolute atomic E-state index is 0.499. The molecule has 4 nitrogen and oxygen atoms in total. The number of allylic oxidation sites excluding steroid dienone is 2. The van der Waals surface area contributed by atoms with E-state index in [1.165, 1.54) is 6.08 Å². The molecule has 0 aromatic heterocycles. The van der Waals surface area contributed by atoms with Crippen LogP contribution in [0.15, 0.2) is 29.0 Å². The highest BCUT2D eigenvalue weighted by molar-refractivity contribution is 5.71. The first kappa shape index (κ1) is 13.4. The van der Waals surface area contributed by atoms with Crippen LogP contribution in [0.3, 0.4) is 0 Å². The smallest absolute Gasteiger partial charge is 0.412 e. The molecule has 0 heterocycles. The molecule has 0 fully saturated rings. The molecular weight excluding hydrogens is 192 g/mol. The zero-order valence-corrected chi connectivity index (χ0v) is 9.76. The quantitative estimate of drug-likeness (QED) is 0.575. The molecule has 0 rings (SSSR count). The van der Waals surface area contributed by atoms with Crippen molar-refractivity contribution in [2.24, 2.45) is 4.99 Å². The first-order valence-corrected chi connectivity index (χ1v) is 4.60. The van der Waals surface area contributed by atoms with Crippen molar-refractivity contribution in [3.63, 3.8) is 0 Å². The lowest BCUT2D eigenvalue weighted by Gasteiger charge is -2.20. The number of alkyl carbamates (subject to hydrolysis) is 1. The number of nitrogens with one attached hydrogen (secondary N) is 1. The molecule has 84 valence electrons. The summed E-state index contributed by atoms with van der Waals surface area (Å²) in [6, 6.07) is 0. The summed E-state index contributed by atoms with van der Waals surface area (Å²) >= 11 is 0. The van der Waals surface area contributed by atoms with Gasteiger partial charge in [0.15, 0.2) is 0 Å². The zero-order valence-electron chi connectivity index (χ0n) is 9.76. The molecule has 0 saturated heterocycles. The summed E-state index contributed by atoms with van der Waals surface area (Å²) in [4.78, 5) is 15.1. The van der Waals surface area contributed by atoms with Crippen molar-refractivity contribution in [3.05, 3.63) is 24.0 Å². The highest BCUT2D eigenvalue weighted by Gasteiger charge is 2.16. The van der Waals surface area contributed by atoms with Crippen LogP contribution in [0.4, 0.5) is 4.79 Å². The standard InChI is InChI=1S/C11H18N2O2/c1-7-9(8(2)12-6)13-10(14)15-11(3,4)5/h7H,1,6H2,2-5H3,(H,13,14)/b9-8+. The summed E-state index contributed by atoms with van der Waals surface area (Å²) in [6.45, 7) is 14.0. The molecule has 0 spiro atoms. The number of ether oxygens (including phenoxy) is 1. The first-order chi connectivity index (χ1) is 6.80. The van der Waals surface area contributed by atoms with Crippen LogP contribution < -0.4 is 5.32 Å². The molecular formula is C11H18N2O2. The summed E-state index contributed by atoms with van der Waals surface area (Å²) in [5.41, 5.74) is 0.571. The van der Waals surface area contributed by atoms with E-state index in [2.05, 4.69) is 23.6 Å². The second-order valence-corrected chi connectivity index (χ2v) is 3.99. The van der Waals surface area contributed by atoms with Crippen molar-refractivity contribution < 1.29 is 9.53 Å². The average Bonchev–Trinajstić information content (AvgIpc) is 2.10. The van der Waals surface area contributed by atoms with E-state index in [-0.39, 0.29) is 0 Å². The largest absolute Gasteiger partial charge is 0.444 e. The molecule has 1 N–H and O–H groups in total. The minimum Gasteiger partial charge on any atom is -0.444 e. The van der Waals surface area contributed by atoms with Crippen LogP contribution in [0.1, 0.15) is 27.7 Å². The molecule has 0 aliphatic heterocycles. The predicted molar refractivity (Wildman–Crippen MR) is 61.8 cm³/mol. The average molecular weight is 210 g/mol. The van der Waals surface area contributed by atoms with Crippen molar-refractivity contribution >= 4 is 12.8 Å². The van der Waals surface area contributed by atoms with Crippen LogP contribution >= 0.6 is 0 Å². The van der Waals surface area contributed by atoms with E-state index in [1.807, 2.05) is 0 Å². The number of hydrogen-bond acceptors (Lipinski definition) is 3. The van der Waals surface area contributed by atoms with Crippen molar-refractivity contribution in [3.8, 4) is 0 Å². The van der Waals surface area contributed by atoms with E-state index < -0.39 is 11.7 Å². The van der Waals surface area contributed by atoms with Gasteiger partial charge in [0.25, 0.3) is 0 Å². The van der Waals surface area contributed by atoms with Crippen LogP contribution in [0.5, 0.6) is 0 Å². The van der Waals surface area contributed by atoms with Gasteiger partial charge in [0, 0.05) is 0 Å². The molecule has 0 aliphatic rings. The fourth-order valence-electron chi connectivity index (χ4n) is 0.788. The Morgan fingerprint density at radius 1 is 1.47 bits per heavy atom. The summed E-state index contributed by atoms with van der Waals surface area (Å²) in [6.07, 6.45) is 0.967. The zero-order chi connectivity index (χ0) is 12.1. The van der Waals surface area contributed by atoms with Crippen LogP contribution in [0.2, 0.25) is 0 Å². The molecule has 0 aliphatic carbocycles. The van der Waals surface area contributed by atoms with Crippen molar-refractivity contribution in [2.45, 2.75) is 33.3 Å². The third kappa shape index (κ3) is 5.67. The van der Waals surface area contributed by atoms with Crippen molar-refractivity contribution in [2.75, 3.05) is 0 Å². The fraction of sp³-hybridized carbons (Fsp3) is 0.455. The van der Waals surface area contributed by atoms with Gasteiger partial charge in [-0.05, 0) is 40.5 Å². The summed E-state index contributed by atoms with van der Waals surface area (Å²) in [5.74, 6) is 0. The maximum atomic E-state index is 11.4. The predicted octanol–water partition coefficient (Wildman–Crippen LogP) is 2.63. The lowest BCUT2D eigenvalue weighted by Crippen LogP contribution is -2.32. The molecule has 4 heteroatoms. The molecule has 1 amide bonds. The molecule has 0 radical (unpaired) electrons. The maximum Gasteiger partial charge on any atom is 0.412 e. The number of rotatable bonds is 3. The van der Waals surface area contributed by atoms with Gasteiger partial charge in [0.1, 0.15) is 5.60 Å². The molecule has 0 saturated carbocycles. The minimum atomic E-state index is -0.527. The number of aliphatic imine (C=N–C) groups is 1. The Morgan fingerprint density at radius 2 is 2.00 bits per heavy atom. The van der Waals surface area contributed by atoms with Gasteiger partial charge in [-0.25, -0.2) is 4.79 Å². The van der Waals surface area contributed by atoms with Gasteiger partial charge < -0.3 is 4.74 Å². The Labute approximate surface area is 90.7 Å². The molecule has 0 atom stereocenters. The number of amides is 1. The monoisotopic (exact) mass is 210 g/mol. The molecule has 0 unspecified atom stereocenters. The molecule has 0 aromatic rings. The Balaban J connectivity index is 4.53. The van der Waals surface area contributed by atoms with Crippen molar-refractivity contribution in [1.82, 2.24) is 5.32 Å². The Bertz CT molecular complexity index is 298. The Hall–Kier alpha value is -1.58. The Morgan fingerprint density at radius 3 is 2.33 bits per heavy atom. The van der Waals surface area contributed by atoms with Crippen LogP contribution in [-0.2, 0) is 4.74 Å². The van der Waals surface area contributed by atoms with Gasteiger partial charge in [-0.1, -0.05) is 6.58 Å². The fourth-order valence-corrected chi connectivity index (χ4v) is 0.788. The number of carbonyl (C=O) groups is 1. The second-order valence-electron chi connectivity index (χ2n) is 3.99. The lowest BCUT2D eigenvalue weighted by atomic mass is 10.2. The van der Waals surface area contributed by atoms with Gasteiger partial charge in [0.05, 0.1) is 11.4 Å². The second kappa shape index (κ2) is 5.34. The summed E-state index contributed by atoms with van der Waals surface area (Å²) in [5, 5.41) is 2.54. The SMILES string of the molecule is C=C/C(NC(=O)OC(C)(C)C)=C(/C)N=C. The molecule has 0 aromatic carbocycles. The van der Waals surface area contributed by atoms with Crippen LogP contribution in [0.25, 0.3) is 0 Å². The first-order valence-electron chi connectivity index (χ1n) is 4.60. The van der Waals surface area contributed by atoms with E-state index in [4.69, 9.17) is 4.74 Å². The highest BCUT2D eigenvalue weighted by Crippen LogP contribution is 2.08. The number of nitrogens with zero attached hydrogens (tertiary/aromatic N) is 1. The van der Waals surface area contributed by atoms with Gasteiger partial charge >= 0.3 is 6.09 Å². The number of carbonyl (C=O) groups excluding carboxylic acids is 1. The van der Waals surface area contributed by atoms with Gasteiger partial charge in [-0.2, -0.15) is 0 Å². The maximum absolute atomic E-state index is 11.4. The number of hydrogen-bond donors (Lipinski definition) is 1. The molecule has 0 bridgehead atoms. The van der Waals surface area contributed by atoms with E-state index in [0.29, 0.717) is 11.4 Å². The van der Waals surface area contributed by atoms with E-state index >= 15 is 0 Å². The summed E-state index contributed by atoms with van der Waals surface area (Å²) in [7, 11) is 0. The van der Waals surface area contributed by atoms with E-state index in [9.17, 15) is 4.79 Å². The summed E-state index contributed by atoms with van der Waals surface area (Å²) < 4.78 is 5.07.